The van der Waals surface area contributed by atoms with Crippen LogP contribution in [-0.2, 0) is 28.7 Å². The van der Waals surface area contributed by atoms with Crippen molar-refractivity contribution in [1.29, 1.82) is 0 Å². The van der Waals surface area contributed by atoms with Crippen molar-refractivity contribution < 1.29 is 28.7 Å². The van der Waals surface area contributed by atoms with Gasteiger partial charge in [0.05, 0.1) is 13.5 Å². The normalized spacial score (nSPS) is 16.0. The molecule has 0 amide bonds. The lowest BCUT2D eigenvalue weighted by Gasteiger charge is -2.32. The average Bonchev–Trinajstić information content (AvgIpc) is 2.49. The summed E-state index contributed by atoms with van der Waals surface area (Å²) < 4.78 is 9.99. The Morgan fingerprint density at radius 2 is 1.44 bits per heavy atom. The van der Waals surface area contributed by atoms with Crippen LogP contribution in [0.15, 0.2) is 22.3 Å². The Bertz CT molecular complexity index is 728. The summed E-state index contributed by atoms with van der Waals surface area (Å²) in [4.78, 5) is 49.6. The molecule has 0 aromatic carbocycles. The first-order chi connectivity index (χ1) is 12.2. The molecule has 1 aliphatic carbocycles. The Labute approximate surface area is 161 Å². The summed E-state index contributed by atoms with van der Waals surface area (Å²) in [6.45, 7) is 12.0. The van der Waals surface area contributed by atoms with Gasteiger partial charge in [-0.15, -0.1) is 0 Å². The second-order valence-corrected chi connectivity index (χ2v) is 8.49. The van der Waals surface area contributed by atoms with Crippen molar-refractivity contribution in [2.45, 2.75) is 73.3 Å². The fraction of sp³-hybridized carbons (Fsp3) is 0.619. The Hall–Kier alpha value is -2.24. The first-order valence-electron chi connectivity index (χ1n) is 9.00. The molecule has 0 bridgehead atoms. The molecule has 0 aromatic rings. The van der Waals surface area contributed by atoms with Gasteiger partial charge in [-0.2, -0.15) is 0 Å². The third-order valence-electron chi connectivity index (χ3n) is 4.50. The van der Waals surface area contributed by atoms with E-state index in [0.29, 0.717) is 22.3 Å². The highest BCUT2D eigenvalue weighted by Gasteiger charge is 2.40. The minimum Gasteiger partial charge on any atom is -0.469 e. The fourth-order valence-corrected chi connectivity index (χ4v) is 3.30. The third-order valence-corrected chi connectivity index (χ3v) is 4.50. The Kier molecular flexibility index (Phi) is 6.92. The van der Waals surface area contributed by atoms with Gasteiger partial charge in [0.2, 0.25) is 0 Å². The topological polar surface area (TPSA) is 86.7 Å². The van der Waals surface area contributed by atoms with Crippen molar-refractivity contribution in [3.8, 4) is 0 Å². The van der Waals surface area contributed by atoms with Gasteiger partial charge in [-0.25, -0.2) is 0 Å². The van der Waals surface area contributed by atoms with Crippen molar-refractivity contribution in [3.63, 3.8) is 0 Å². The molecular weight excluding hydrogens is 348 g/mol. The summed E-state index contributed by atoms with van der Waals surface area (Å²) in [5.74, 6) is -1.41. The summed E-state index contributed by atoms with van der Waals surface area (Å²) >= 11 is 0. The molecular formula is C21H30O6. The van der Waals surface area contributed by atoms with E-state index in [1.54, 1.807) is 48.5 Å². The first-order valence-corrected chi connectivity index (χ1v) is 9.00. The van der Waals surface area contributed by atoms with Crippen LogP contribution in [0.25, 0.3) is 0 Å². The third kappa shape index (κ3) is 5.62. The highest BCUT2D eigenvalue weighted by molar-refractivity contribution is 6.25. The summed E-state index contributed by atoms with van der Waals surface area (Å²) in [6.07, 6.45) is 0.114. The Balaban J connectivity index is 3.18. The number of allylic oxidation sites excluding steroid dienone is 4. The van der Waals surface area contributed by atoms with Crippen molar-refractivity contribution in [2.24, 2.45) is 5.41 Å². The van der Waals surface area contributed by atoms with Crippen LogP contribution in [0.1, 0.15) is 67.7 Å². The van der Waals surface area contributed by atoms with Crippen molar-refractivity contribution in [3.05, 3.63) is 22.3 Å². The Morgan fingerprint density at radius 1 is 0.889 bits per heavy atom. The van der Waals surface area contributed by atoms with Crippen molar-refractivity contribution in [2.75, 3.05) is 7.11 Å². The molecule has 0 aliphatic heterocycles. The molecule has 0 saturated carbocycles. The average molecular weight is 378 g/mol. The molecule has 0 N–H and O–H groups in total. The highest BCUT2D eigenvalue weighted by atomic mass is 16.6. The van der Waals surface area contributed by atoms with Crippen LogP contribution < -0.4 is 0 Å². The number of esters is 2. The number of ketones is 2. The molecule has 0 heterocycles. The van der Waals surface area contributed by atoms with E-state index in [1.165, 1.54) is 7.11 Å². The van der Waals surface area contributed by atoms with Crippen LogP contribution in [0.5, 0.6) is 0 Å². The van der Waals surface area contributed by atoms with E-state index in [9.17, 15) is 19.2 Å². The van der Waals surface area contributed by atoms with E-state index in [1.807, 2.05) is 0 Å². The van der Waals surface area contributed by atoms with Gasteiger partial charge < -0.3 is 9.47 Å². The number of ether oxygens (including phenoxy) is 2. The van der Waals surface area contributed by atoms with Crippen LogP contribution in [0.3, 0.4) is 0 Å². The molecule has 150 valence electrons. The largest absolute Gasteiger partial charge is 0.469 e. The Morgan fingerprint density at radius 3 is 1.93 bits per heavy atom. The molecule has 0 radical (unpaired) electrons. The van der Waals surface area contributed by atoms with Crippen LogP contribution in [0.2, 0.25) is 0 Å². The van der Waals surface area contributed by atoms with E-state index in [-0.39, 0.29) is 30.8 Å². The summed E-state index contributed by atoms with van der Waals surface area (Å²) in [5.41, 5.74) is -0.209. The summed E-state index contributed by atoms with van der Waals surface area (Å²) in [5, 5.41) is 0. The summed E-state index contributed by atoms with van der Waals surface area (Å²) in [6, 6.07) is 0. The van der Waals surface area contributed by atoms with Gasteiger partial charge in [-0.3, -0.25) is 19.2 Å². The number of hydrogen-bond acceptors (Lipinski definition) is 6. The molecule has 0 spiro atoms. The molecule has 0 atom stereocenters. The van der Waals surface area contributed by atoms with Crippen LogP contribution in [-0.4, -0.2) is 36.2 Å². The lowest BCUT2D eigenvalue weighted by atomic mass is 9.70. The molecule has 1 aliphatic rings. The zero-order chi connectivity index (χ0) is 21.2. The van der Waals surface area contributed by atoms with E-state index < -0.39 is 23.0 Å². The van der Waals surface area contributed by atoms with Gasteiger partial charge in [-0.1, -0.05) is 13.8 Å². The molecule has 6 heteroatoms. The molecule has 0 fully saturated rings. The van der Waals surface area contributed by atoms with Crippen LogP contribution in [0, 0.1) is 5.41 Å². The van der Waals surface area contributed by atoms with E-state index >= 15 is 0 Å². The number of hydrogen-bond donors (Lipinski definition) is 0. The van der Waals surface area contributed by atoms with E-state index in [4.69, 9.17) is 4.74 Å². The maximum Gasteiger partial charge on any atom is 0.307 e. The van der Waals surface area contributed by atoms with E-state index in [2.05, 4.69) is 4.74 Å². The number of Topliss-reactive ketones (excluding diaryl/α,β-unsaturated/α-hetero) is 2. The zero-order valence-corrected chi connectivity index (χ0v) is 17.6. The second-order valence-electron chi connectivity index (χ2n) is 8.49. The highest BCUT2D eigenvalue weighted by Crippen LogP contribution is 2.40. The molecule has 0 unspecified atom stereocenters. The van der Waals surface area contributed by atoms with Gasteiger partial charge in [0.15, 0.2) is 11.6 Å². The number of rotatable bonds is 6. The zero-order valence-electron chi connectivity index (χ0n) is 17.6. The number of methoxy groups -OCH3 is 1. The van der Waals surface area contributed by atoms with E-state index in [0.717, 1.165) is 0 Å². The minimum absolute atomic E-state index is 0.0149. The lowest BCUT2D eigenvalue weighted by Crippen LogP contribution is -2.34. The molecule has 27 heavy (non-hydrogen) atoms. The van der Waals surface area contributed by atoms with Gasteiger partial charge in [0, 0.05) is 34.1 Å². The molecule has 0 saturated heterocycles. The van der Waals surface area contributed by atoms with Gasteiger partial charge in [0.25, 0.3) is 0 Å². The maximum atomic E-state index is 13.1. The smallest absolute Gasteiger partial charge is 0.307 e. The fourth-order valence-electron chi connectivity index (χ4n) is 3.30. The molecule has 0 aromatic heterocycles. The predicted molar refractivity (Wildman–Crippen MR) is 101 cm³/mol. The SMILES string of the molecule is COC(=O)CCC1=C(C)C(=O)C(C)=C(C(C)(C)CC(=O)OC(C)(C)C)C1=O. The summed E-state index contributed by atoms with van der Waals surface area (Å²) in [7, 11) is 1.27. The number of carbonyl (C=O) groups excluding carboxylic acids is 4. The minimum atomic E-state index is -0.879. The monoisotopic (exact) mass is 378 g/mol. The predicted octanol–water partition coefficient (Wildman–Crippen LogP) is 3.48. The standard InChI is InChI=1S/C21H30O6/c1-12-14(9-10-15(22)26-8)19(25)17(13(2)18(12)24)21(6,7)11-16(23)27-20(3,4)5/h9-11H2,1-8H3. The lowest BCUT2D eigenvalue weighted by molar-refractivity contribution is -0.156. The second kappa shape index (κ2) is 8.19. The molecule has 6 nitrogen and oxygen atoms in total. The maximum absolute atomic E-state index is 13.1. The van der Waals surface area contributed by atoms with Crippen LogP contribution in [0.4, 0.5) is 0 Å². The first kappa shape index (κ1) is 22.8. The van der Waals surface area contributed by atoms with Crippen molar-refractivity contribution in [1.82, 2.24) is 0 Å². The van der Waals surface area contributed by atoms with Gasteiger partial charge >= 0.3 is 11.9 Å². The molecule has 1 rings (SSSR count). The van der Waals surface area contributed by atoms with Gasteiger partial charge in [-0.05, 0) is 41.0 Å². The van der Waals surface area contributed by atoms with Gasteiger partial charge in [0.1, 0.15) is 5.60 Å². The number of carbonyl (C=O) groups is 4. The van der Waals surface area contributed by atoms with Crippen LogP contribution >= 0.6 is 0 Å². The van der Waals surface area contributed by atoms with Crippen molar-refractivity contribution >= 4 is 23.5 Å². The quantitative estimate of drug-likeness (QED) is 0.519.